The van der Waals surface area contributed by atoms with Crippen molar-refractivity contribution in [1.82, 2.24) is 5.43 Å². The van der Waals surface area contributed by atoms with Crippen LogP contribution in [0.4, 0.5) is 5.88 Å². The Balaban J connectivity index is 2.66. The number of hydrazone groups is 1. The van der Waals surface area contributed by atoms with Gasteiger partial charge in [-0.1, -0.05) is 0 Å². The van der Waals surface area contributed by atoms with Crippen molar-refractivity contribution < 1.29 is 9.34 Å². The van der Waals surface area contributed by atoms with Crippen LogP contribution < -0.4 is 11.2 Å². The molecule has 0 aliphatic rings. The van der Waals surface area contributed by atoms with Gasteiger partial charge in [-0.15, -0.1) is 0 Å². The van der Waals surface area contributed by atoms with E-state index in [1.165, 1.54) is 12.1 Å². The standard InChI is InChI=1S/C9H10N4O3S/c1-6(11-12-9(10)17)2-3-7-4-5-8(16-7)13(14)15/h2-5H,1H3,(H3,10,12,17)/b3-2+,11-6+. The zero-order valence-corrected chi connectivity index (χ0v) is 9.73. The summed E-state index contributed by atoms with van der Waals surface area (Å²) in [4.78, 5) is 9.75. The van der Waals surface area contributed by atoms with Crippen LogP contribution in [0, 0.1) is 10.1 Å². The number of allylic oxidation sites excluding steroid dienone is 1. The van der Waals surface area contributed by atoms with E-state index in [0.29, 0.717) is 11.5 Å². The van der Waals surface area contributed by atoms with Crippen molar-refractivity contribution in [2.75, 3.05) is 0 Å². The highest BCUT2D eigenvalue weighted by Crippen LogP contribution is 2.16. The van der Waals surface area contributed by atoms with Gasteiger partial charge in [-0.2, -0.15) is 5.10 Å². The number of nitrogens with one attached hydrogen (secondary N) is 1. The fourth-order valence-corrected chi connectivity index (χ4v) is 0.959. The fourth-order valence-electron chi connectivity index (χ4n) is 0.913. The number of nitro groups is 1. The van der Waals surface area contributed by atoms with Crippen molar-refractivity contribution in [3.05, 3.63) is 34.1 Å². The fraction of sp³-hybridized carbons (Fsp3) is 0.111. The number of hydrogen-bond acceptors (Lipinski definition) is 5. The van der Waals surface area contributed by atoms with Crippen molar-refractivity contribution in [2.24, 2.45) is 10.8 Å². The molecule has 0 saturated carbocycles. The Kier molecular flexibility index (Phi) is 4.35. The average molecular weight is 254 g/mol. The van der Waals surface area contributed by atoms with Crippen LogP contribution in [0.2, 0.25) is 0 Å². The van der Waals surface area contributed by atoms with Crippen LogP contribution in [0.25, 0.3) is 6.08 Å². The van der Waals surface area contributed by atoms with E-state index in [1.807, 2.05) is 0 Å². The van der Waals surface area contributed by atoms with Gasteiger partial charge in [0.05, 0.1) is 11.8 Å². The number of nitrogens with zero attached hydrogens (tertiary/aromatic N) is 2. The Bertz CT molecular complexity index is 492. The number of nitrogens with two attached hydrogens (primary N) is 1. The van der Waals surface area contributed by atoms with Crippen LogP contribution in [-0.2, 0) is 0 Å². The summed E-state index contributed by atoms with van der Waals surface area (Å²) in [6, 6.07) is 2.77. The smallest absolute Gasteiger partial charge is 0.401 e. The van der Waals surface area contributed by atoms with Gasteiger partial charge in [-0.05, 0) is 37.4 Å². The van der Waals surface area contributed by atoms with E-state index in [4.69, 9.17) is 10.2 Å². The quantitative estimate of drug-likeness (QED) is 0.364. The third kappa shape index (κ3) is 4.43. The molecular weight excluding hydrogens is 244 g/mol. The summed E-state index contributed by atoms with van der Waals surface area (Å²) < 4.78 is 4.91. The molecule has 0 fully saturated rings. The first kappa shape index (κ1) is 12.8. The Morgan fingerprint density at radius 3 is 2.94 bits per heavy atom. The number of rotatable bonds is 4. The highest BCUT2D eigenvalue weighted by Gasteiger charge is 2.09. The molecule has 0 spiro atoms. The maximum Gasteiger partial charge on any atom is 0.433 e. The molecule has 90 valence electrons. The second kappa shape index (κ2) is 5.75. The minimum atomic E-state index is -0.604. The Morgan fingerprint density at radius 1 is 1.71 bits per heavy atom. The van der Waals surface area contributed by atoms with E-state index >= 15 is 0 Å². The van der Waals surface area contributed by atoms with Crippen molar-refractivity contribution >= 4 is 35.0 Å². The summed E-state index contributed by atoms with van der Waals surface area (Å²) in [5.74, 6) is 0.0575. The van der Waals surface area contributed by atoms with Gasteiger partial charge in [-0.25, -0.2) is 0 Å². The summed E-state index contributed by atoms with van der Waals surface area (Å²) in [6.07, 6.45) is 3.15. The van der Waals surface area contributed by atoms with Crippen molar-refractivity contribution in [2.45, 2.75) is 6.92 Å². The molecule has 0 saturated heterocycles. The van der Waals surface area contributed by atoms with E-state index in [2.05, 4.69) is 22.7 Å². The van der Waals surface area contributed by atoms with Gasteiger partial charge < -0.3 is 10.2 Å². The molecule has 0 aliphatic heterocycles. The van der Waals surface area contributed by atoms with E-state index in [9.17, 15) is 10.1 Å². The van der Waals surface area contributed by atoms with Gasteiger partial charge >= 0.3 is 5.88 Å². The highest BCUT2D eigenvalue weighted by atomic mass is 32.1. The first-order valence-electron chi connectivity index (χ1n) is 4.51. The number of hydrogen-bond donors (Lipinski definition) is 2. The molecule has 0 aromatic carbocycles. The average Bonchev–Trinajstić information content (AvgIpc) is 2.72. The lowest BCUT2D eigenvalue weighted by molar-refractivity contribution is -0.402. The summed E-state index contributed by atoms with van der Waals surface area (Å²) >= 11 is 4.57. The van der Waals surface area contributed by atoms with Crippen molar-refractivity contribution in [1.29, 1.82) is 0 Å². The second-order valence-electron chi connectivity index (χ2n) is 3.00. The van der Waals surface area contributed by atoms with Gasteiger partial charge in [-0.3, -0.25) is 15.5 Å². The molecule has 0 atom stereocenters. The molecule has 0 amide bonds. The number of thiocarbonyl (C=S) groups is 1. The van der Waals surface area contributed by atoms with Gasteiger partial charge in [0.2, 0.25) is 0 Å². The molecule has 17 heavy (non-hydrogen) atoms. The van der Waals surface area contributed by atoms with Crippen LogP contribution >= 0.6 is 12.2 Å². The van der Waals surface area contributed by atoms with E-state index in [0.717, 1.165) is 0 Å². The summed E-state index contributed by atoms with van der Waals surface area (Å²) in [5, 5.41) is 14.2. The predicted molar refractivity (Wildman–Crippen MR) is 67.4 cm³/mol. The molecule has 7 nitrogen and oxygen atoms in total. The second-order valence-corrected chi connectivity index (χ2v) is 3.44. The molecule has 1 aromatic heterocycles. The maximum atomic E-state index is 10.4. The molecule has 1 heterocycles. The minimum absolute atomic E-state index is 0.0615. The molecule has 1 rings (SSSR count). The zero-order chi connectivity index (χ0) is 12.8. The zero-order valence-electron chi connectivity index (χ0n) is 8.91. The van der Waals surface area contributed by atoms with E-state index in [-0.39, 0.29) is 11.0 Å². The van der Waals surface area contributed by atoms with Gasteiger partial charge in [0, 0.05) is 0 Å². The monoisotopic (exact) mass is 254 g/mol. The van der Waals surface area contributed by atoms with Gasteiger partial charge in [0.15, 0.2) is 5.11 Å². The first-order chi connectivity index (χ1) is 7.99. The lowest BCUT2D eigenvalue weighted by Crippen LogP contribution is -2.24. The third-order valence-electron chi connectivity index (χ3n) is 1.62. The lowest BCUT2D eigenvalue weighted by Gasteiger charge is -1.95. The van der Waals surface area contributed by atoms with Gasteiger partial charge in [0.1, 0.15) is 10.7 Å². The van der Waals surface area contributed by atoms with Gasteiger partial charge in [0.25, 0.3) is 0 Å². The van der Waals surface area contributed by atoms with E-state index in [1.54, 1.807) is 19.1 Å². The number of furan rings is 1. The van der Waals surface area contributed by atoms with Crippen LogP contribution in [0.1, 0.15) is 12.7 Å². The molecule has 8 heteroatoms. The third-order valence-corrected chi connectivity index (χ3v) is 1.72. The van der Waals surface area contributed by atoms with Crippen LogP contribution in [0.5, 0.6) is 0 Å². The molecule has 1 aromatic rings. The topological polar surface area (TPSA) is 107 Å². The van der Waals surface area contributed by atoms with Crippen molar-refractivity contribution in [3.8, 4) is 0 Å². The van der Waals surface area contributed by atoms with Crippen LogP contribution in [0.3, 0.4) is 0 Å². The summed E-state index contributed by atoms with van der Waals surface area (Å²) in [5.41, 5.74) is 8.19. The molecule has 0 unspecified atom stereocenters. The lowest BCUT2D eigenvalue weighted by atomic mass is 10.3. The maximum absolute atomic E-state index is 10.4. The Morgan fingerprint density at radius 2 is 2.41 bits per heavy atom. The van der Waals surface area contributed by atoms with Crippen molar-refractivity contribution in [3.63, 3.8) is 0 Å². The minimum Gasteiger partial charge on any atom is -0.401 e. The summed E-state index contributed by atoms with van der Waals surface area (Å²) in [6.45, 7) is 1.71. The summed E-state index contributed by atoms with van der Waals surface area (Å²) in [7, 11) is 0. The molecule has 0 aliphatic carbocycles. The first-order valence-corrected chi connectivity index (χ1v) is 4.92. The molecule has 0 bridgehead atoms. The predicted octanol–water partition coefficient (Wildman–Crippen LogP) is 1.41. The SMILES string of the molecule is CC(/C=C/c1ccc([N+](=O)[O-])o1)=N\NC(N)=S. The largest absolute Gasteiger partial charge is 0.433 e. The van der Waals surface area contributed by atoms with E-state index < -0.39 is 4.92 Å². The highest BCUT2D eigenvalue weighted by molar-refractivity contribution is 7.80. The Labute approximate surface area is 102 Å². The normalized spacial score (nSPS) is 11.7. The van der Waals surface area contributed by atoms with Crippen LogP contribution in [0.15, 0.2) is 27.7 Å². The molecule has 0 radical (unpaired) electrons. The Hall–Kier alpha value is -2.22. The van der Waals surface area contributed by atoms with Crippen LogP contribution in [-0.4, -0.2) is 15.7 Å². The molecular formula is C9H10N4O3S. The molecule has 3 N–H and O–H groups in total.